The van der Waals surface area contributed by atoms with Crippen molar-refractivity contribution in [2.24, 2.45) is 0 Å². The molecule has 2 aromatic carbocycles. The van der Waals surface area contributed by atoms with Gasteiger partial charge in [0.25, 0.3) is 5.91 Å². The molecule has 1 aliphatic heterocycles. The maximum absolute atomic E-state index is 13.1. The fraction of sp³-hybridized carbons (Fsp3) is 0.320. The van der Waals surface area contributed by atoms with Gasteiger partial charge in [-0.05, 0) is 54.3 Å². The van der Waals surface area contributed by atoms with Crippen molar-refractivity contribution in [3.05, 3.63) is 63.1 Å². The number of anilines is 1. The monoisotopic (exact) mass is 491 g/mol. The molecule has 1 atom stereocenters. The van der Waals surface area contributed by atoms with E-state index in [9.17, 15) is 29.1 Å². The largest absolute Gasteiger partial charge is 0.480 e. The van der Waals surface area contributed by atoms with Gasteiger partial charge in [0.1, 0.15) is 18.6 Å². The molecule has 2 heterocycles. The van der Waals surface area contributed by atoms with E-state index < -0.39 is 35.7 Å². The van der Waals surface area contributed by atoms with Gasteiger partial charge in [-0.25, -0.2) is 9.59 Å². The highest BCUT2D eigenvalue weighted by molar-refractivity contribution is 6.07. The molecule has 0 bridgehead atoms. The molecule has 11 heteroatoms. The van der Waals surface area contributed by atoms with Crippen molar-refractivity contribution in [3.8, 4) is 0 Å². The predicted octanol–water partition coefficient (Wildman–Crippen LogP) is 1.16. The van der Waals surface area contributed by atoms with Crippen molar-refractivity contribution < 1.29 is 24.3 Å². The van der Waals surface area contributed by atoms with E-state index in [0.29, 0.717) is 29.6 Å². The number of aliphatic carboxylic acids is 1. The topological polar surface area (TPSA) is 143 Å². The molecular weight excluding hydrogens is 466 g/mol. The zero-order valence-corrected chi connectivity index (χ0v) is 20.0. The average Bonchev–Trinajstić information content (AvgIpc) is 3.36. The number of nitrogens with one attached hydrogen (secondary N) is 2. The first-order valence-electron chi connectivity index (χ1n) is 11.4. The van der Waals surface area contributed by atoms with Crippen molar-refractivity contribution >= 4 is 40.5 Å². The number of imide groups is 1. The summed E-state index contributed by atoms with van der Waals surface area (Å²) in [6, 6.07) is 8.50. The van der Waals surface area contributed by atoms with E-state index in [1.165, 1.54) is 14.0 Å². The SMILES string of the molecule is Cc1cc(C)c2c(c1)n(CC(=O)Nc1ccc3c(c1)CC1(C3)C(=O)NC(=O)N1C)c(=O)n2CC(=O)O. The summed E-state index contributed by atoms with van der Waals surface area (Å²) in [5, 5.41) is 14.4. The first kappa shape index (κ1) is 23.3. The zero-order valence-electron chi connectivity index (χ0n) is 20.0. The van der Waals surface area contributed by atoms with Crippen molar-refractivity contribution in [2.45, 2.75) is 45.3 Å². The maximum atomic E-state index is 13.1. The quantitative estimate of drug-likeness (QED) is 0.457. The molecule has 0 radical (unpaired) electrons. The number of likely N-dealkylation sites (N-methyl/N-ethyl adjacent to an activating group) is 1. The number of carbonyl (C=O) groups is 4. The Hall–Kier alpha value is -4.41. The number of amides is 4. The maximum Gasteiger partial charge on any atom is 0.330 e. The van der Waals surface area contributed by atoms with Crippen LogP contribution in [-0.4, -0.2) is 55.5 Å². The van der Waals surface area contributed by atoms with Crippen molar-refractivity contribution in [3.63, 3.8) is 0 Å². The summed E-state index contributed by atoms with van der Waals surface area (Å²) in [6.45, 7) is 2.85. The fourth-order valence-electron chi connectivity index (χ4n) is 5.39. The van der Waals surface area contributed by atoms with Crippen LogP contribution in [0.3, 0.4) is 0 Å². The molecule has 1 fully saturated rings. The molecule has 3 N–H and O–H groups in total. The van der Waals surface area contributed by atoms with Crippen molar-refractivity contribution in [2.75, 3.05) is 12.4 Å². The standard InChI is InChI=1S/C25H25N5O6/c1-13-6-14(2)21-18(7-13)29(24(36)30(21)12-20(32)33)11-19(31)26-17-5-4-15-9-25(10-16(15)8-17)22(34)27-23(35)28(25)3/h4-8H,9-12H2,1-3H3,(H,26,31)(H,32,33)(H,27,34,35). The number of rotatable bonds is 5. The van der Waals surface area contributed by atoms with E-state index in [0.717, 1.165) is 22.3 Å². The number of aromatic nitrogens is 2. The van der Waals surface area contributed by atoms with Gasteiger partial charge in [0, 0.05) is 25.6 Å². The molecule has 1 saturated heterocycles. The van der Waals surface area contributed by atoms with Crippen LogP contribution in [0.1, 0.15) is 22.3 Å². The summed E-state index contributed by atoms with van der Waals surface area (Å²) in [6.07, 6.45) is 0.725. The third-order valence-electron chi connectivity index (χ3n) is 7.09. The summed E-state index contributed by atoms with van der Waals surface area (Å²) in [5.41, 5.74) is 3.33. The van der Waals surface area contributed by atoms with Gasteiger partial charge >= 0.3 is 17.7 Å². The number of hydrogen-bond acceptors (Lipinski definition) is 5. The number of hydrogen-bond donors (Lipinski definition) is 3. The zero-order chi connectivity index (χ0) is 25.9. The highest BCUT2D eigenvalue weighted by Crippen LogP contribution is 2.38. The Kier molecular flexibility index (Phi) is 5.24. The molecule has 3 aromatic rings. The molecule has 0 saturated carbocycles. The third kappa shape index (κ3) is 3.55. The number of imidazole rings is 1. The molecular formula is C25H25N5O6. The van der Waals surface area contributed by atoms with Crippen LogP contribution in [0.5, 0.6) is 0 Å². The Bertz CT molecular complexity index is 1550. The van der Waals surface area contributed by atoms with Crippen LogP contribution in [0.4, 0.5) is 10.5 Å². The van der Waals surface area contributed by atoms with Crippen LogP contribution in [-0.2, 0) is 40.3 Å². The van der Waals surface area contributed by atoms with Gasteiger partial charge in [0.05, 0.1) is 11.0 Å². The lowest BCUT2D eigenvalue weighted by Crippen LogP contribution is -2.48. The van der Waals surface area contributed by atoms with E-state index in [-0.39, 0.29) is 12.5 Å². The minimum atomic E-state index is -1.15. The predicted molar refractivity (Wildman–Crippen MR) is 130 cm³/mol. The molecule has 36 heavy (non-hydrogen) atoms. The second-order valence-electron chi connectivity index (χ2n) is 9.53. The number of urea groups is 1. The average molecular weight is 492 g/mol. The molecule has 11 nitrogen and oxygen atoms in total. The van der Waals surface area contributed by atoms with Crippen LogP contribution in [0, 0.1) is 13.8 Å². The van der Waals surface area contributed by atoms with E-state index >= 15 is 0 Å². The lowest BCUT2D eigenvalue weighted by Gasteiger charge is -2.27. The summed E-state index contributed by atoms with van der Waals surface area (Å²) in [4.78, 5) is 63.3. The van der Waals surface area contributed by atoms with E-state index in [2.05, 4.69) is 10.6 Å². The normalized spacial score (nSPS) is 18.7. The summed E-state index contributed by atoms with van der Waals surface area (Å²) < 4.78 is 2.44. The molecule has 1 aliphatic carbocycles. The van der Waals surface area contributed by atoms with Gasteiger partial charge < -0.3 is 15.3 Å². The van der Waals surface area contributed by atoms with Crippen molar-refractivity contribution in [1.82, 2.24) is 19.4 Å². The van der Waals surface area contributed by atoms with Crippen LogP contribution in [0.15, 0.2) is 35.1 Å². The number of aryl methyl sites for hydroxylation is 2. The first-order chi connectivity index (χ1) is 17.0. The Morgan fingerprint density at radius 1 is 1.03 bits per heavy atom. The van der Waals surface area contributed by atoms with Crippen LogP contribution < -0.4 is 16.3 Å². The molecule has 2 aliphatic rings. The molecule has 1 unspecified atom stereocenters. The Labute approximate surface area is 205 Å². The van der Waals surface area contributed by atoms with Gasteiger partial charge in [-0.2, -0.15) is 0 Å². The Balaban J connectivity index is 1.41. The molecule has 1 spiro atoms. The van der Waals surface area contributed by atoms with E-state index in [1.54, 1.807) is 32.2 Å². The smallest absolute Gasteiger partial charge is 0.330 e. The Morgan fingerprint density at radius 3 is 2.42 bits per heavy atom. The van der Waals surface area contributed by atoms with Gasteiger partial charge in [-0.1, -0.05) is 12.1 Å². The number of carboxylic acids is 1. The molecule has 5 rings (SSSR count). The molecule has 1 aromatic heterocycles. The lowest BCUT2D eigenvalue weighted by atomic mass is 9.95. The molecule has 4 amide bonds. The number of carbonyl (C=O) groups excluding carboxylic acids is 3. The van der Waals surface area contributed by atoms with Gasteiger partial charge in [-0.15, -0.1) is 0 Å². The van der Waals surface area contributed by atoms with Gasteiger partial charge in [0.2, 0.25) is 5.91 Å². The van der Waals surface area contributed by atoms with Crippen LogP contribution in [0.2, 0.25) is 0 Å². The second-order valence-corrected chi connectivity index (χ2v) is 9.53. The number of carboxylic acid groups (broad SMARTS) is 1. The Morgan fingerprint density at radius 2 is 1.75 bits per heavy atom. The first-order valence-corrected chi connectivity index (χ1v) is 11.4. The minimum Gasteiger partial charge on any atom is -0.480 e. The summed E-state index contributed by atoms with van der Waals surface area (Å²) >= 11 is 0. The number of nitrogens with zero attached hydrogens (tertiary/aromatic N) is 3. The molecule has 186 valence electrons. The number of benzene rings is 2. The lowest BCUT2D eigenvalue weighted by molar-refractivity contribution is -0.137. The fourth-order valence-corrected chi connectivity index (χ4v) is 5.39. The summed E-state index contributed by atoms with van der Waals surface area (Å²) in [7, 11) is 1.59. The number of fused-ring (bicyclic) bond motifs is 2. The van der Waals surface area contributed by atoms with Crippen LogP contribution in [0.25, 0.3) is 11.0 Å². The van der Waals surface area contributed by atoms with Crippen molar-refractivity contribution in [1.29, 1.82) is 0 Å². The third-order valence-corrected chi connectivity index (χ3v) is 7.09. The van der Waals surface area contributed by atoms with Crippen LogP contribution >= 0.6 is 0 Å². The van der Waals surface area contributed by atoms with Gasteiger partial charge in [0.15, 0.2) is 0 Å². The minimum absolute atomic E-state index is 0.300. The highest BCUT2D eigenvalue weighted by Gasteiger charge is 2.54. The summed E-state index contributed by atoms with van der Waals surface area (Å²) in [5.74, 6) is -1.94. The van der Waals surface area contributed by atoms with E-state index in [1.807, 2.05) is 19.1 Å². The second kappa shape index (κ2) is 8.08. The highest BCUT2D eigenvalue weighted by atomic mass is 16.4. The van der Waals surface area contributed by atoms with E-state index in [4.69, 9.17) is 0 Å². The van der Waals surface area contributed by atoms with Gasteiger partial charge in [-0.3, -0.25) is 28.8 Å².